The van der Waals surface area contributed by atoms with Crippen molar-refractivity contribution in [3.8, 4) is 0 Å². The van der Waals surface area contributed by atoms with Crippen molar-refractivity contribution in [3.05, 3.63) is 12.7 Å². The first-order valence-corrected chi connectivity index (χ1v) is 6.11. The van der Waals surface area contributed by atoms with E-state index in [9.17, 15) is 8.42 Å². The van der Waals surface area contributed by atoms with Crippen LogP contribution in [0.3, 0.4) is 0 Å². The summed E-state index contributed by atoms with van der Waals surface area (Å²) in [5.74, 6) is 0.00347. The van der Waals surface area contributed by atoms with Crippen molar-refractivity contribution >= 4 is 10.0 Å². The van der Waals surface area contributed by atoms with E-state index in [2.05, 4.69) is 16.6 Å². The SMILES string of the molecule is C=CCS(=O)(=O)N[C@@H]1CCCNC1. The van der Waals surface area contributed by atoms with Crippen LogP contribution in [0.4, 0.5) is 0 Å². The van der Waals surface area contributed by atoms with Gasteiger partial charge in [0.25, 0.3) is 0 Å². The zero-order chi connectivity index (χ0) is 9.73. The normalized spacial score (nSPS) is 24.2. The van der Waals surface area contributed by atoms with E-state index in [-0.39, 0.29) is 11.8 Å². The molecule has 13 heavy (non-hydrogen) atoms. The van der Waals surface area contributed by atoms with Crippen LogP contribution in [-0.4, -0.2) is 33.3 Å². The zero-order valence-electron chi connectivity index (χ0n) is 7.62. The van der Waals surface area contributed by atoms with Crippen LogP contribution < -0.4 is 10.0 Å². The predicted molar refractivity (Wildman–Crippen MR) is 53.0 cm³/mol. The Labute approximate surface area is 79.5 Å². The highest BCUT2D eigenvalue weighted by Gasteiger charge is 2.18. The molecule has 1 heterocycles. The molecule has 1 atom stereocenters. The molecule has 0 unspecified atom stereocenters. The molecule has 0 spiro atoms. The average molecular weight is 204 g/mol. The number of rotatable bonds is 4. The van der Waals surface area contributed by atoms with E-state index in [1.807, 2.05) is 0 Å². The monoisotopic (exact) mass is 204 g/mol. The molecule has 0 aliphatic carbocycles. The van der Waals surface area contributed by atoms with Crippen molar-refractivity contribution < 1.29 is 8.42 Å². The van der Waals surface area contributed by atoms with Crippen molar-refractivity contribution in [1.29, 1.82) is 0 Å². The van der Waals surface area contributed by atoms with E-state index in [0.29, 0.717) is 0 Å². The highest BCUT2D eigenvalue weighted by atomic mass is 32.2. The molecule has 0 saturated carbocycles. The summed E-state index contributed by atoms with van der Waals surface area (Å²) in [7, 11) is -3.14. The van der Waals surface area contributed by atoms with Gasteiger partial charge in [0.1, 0.15) is 0 Å². The van der Waals surface area contributed by atoms with Crippen LogP contribution in [0.15, 0.2) is 12.7 Å². The Morgan fingerprint density at radius 1 is 1.62 bits per heavy atom. The maximum absolute atomic E-state index is 11.3. The lowest BCUT2D eigenvalue weighted by Gasteiger charge is -2.23. The topological polar surface area (TPSA) is 58.2 Å². The molecular weight excluding hydrogens is 188 g/mol. The number of hydrogen-bond acceptors (Lipinski definition) is 3. The van der Waals surface area contributed by atoms with Gasteiger partial charge in [0, 0.05) is 12.6 Å². The highest BCUT2D eigenvalue weighted by molar-refractivity contribution is 7.89. The van der Waals surface area contributed by atoms with Crippen molar-refractivity contribution in [2.45, 2.75) is 18.9 Å². The third-order valence-electron chi connectivity index (χ3n) is 1.98. The average Bonchev–Trinajstić information content (AvgIpc) is 2.04. The molecule has 0 aromatic heterocycles. The minimum atomic E-state index is -3.14. The van der Waals surface area contributed by atoms with Gasteiger partial charge in [-0.05, 0) is 19.4 Å². The van der Waals surface area contributed by atoms with Crippen LogP contribution in [0.25, 0.3) is 0 Å². The van der Waals surface area contributed by atoms with Gasteiger partial charge in [-0.3, -0.25) is 0 Å². The standard InChI is InChI=1S/C8H16N2O2S/c1-2-6-13(11,12)10-8-4-3-5-9-7-8/h2,8-10H,1,3-7H2/t8-/m1/s1. The third kappa shape index (κ3) is 3.89. The molecule has 0 aromatic carbocycles. The largest absolute Gasteiger partial charge is 0.315 e. The smallest absolute Gasteiger partial charge is 0.215 e. The Bertz CT molecular complexity index is 255. The molecule has 1 aliphatic rings. The van der Waals surface area contributed by atoms with Crippen LogP contribution in [0.1, 0.15) is 12.8 Å². The molecule has 0 radical (unpaired) electrons. The molecule has 0 bridgehead atoms. The summed E-state index contributed by atoms with van der Waals surface area (Å²) in [4.78, 5) is 0. The first-order chi connectivity index (χ1) is 6.14. The predicted octanol–water partition coefficient (Wildman–Crippen LogP) is -0.156. The van der Waals surface area contributed by atoms with Crippen LogP contribution in [-0.2, 0) is 10.0 Å². The summed E-state index contributed by atoms with van der Waals surface area (Å²) >= 11 is 0. The Hall–Kier alpha value is -0.390. The van der Waals surface area contributed by atoms with E-state index >= 15 is 0 Å². The summed E-state index contributed by atoms with van der Waals surface area (Å²) in [6.07, 6.45) is 3.35. The van der Waals surface area contributed by atoms with E-state index in [1.54, 1.807) is 0 Å². The van der Waals surface area contributed by atoms with Gasteiger partial charge >= 0.3 is 0 Å². The van der Waals surface area contributed by atoms with E-state index in [0.717, 1.165) is 25.9 Å². The van der Waals surface area contributed by atoms with E-state index in [4.69, 9.17) is 0 Å². The lowest BCUT2D eigenvalue weighted by Crippen LogP contribution is -2.46. The van der Waals surface area contributed by atoms with Gasteiger partial charge in [0.05, 0.1) is 5.75 Å². The first kappa shape index (κ1) is 10.7. The molecular formula is C8H16N2O2S. The van der Waals surface area contributed by atoms with Crippen LogP contribution in [0.5, 0.6) is 0 Å². The number of nitrogens with one attached hydrogen (secondary N) is 2. The van der Waals surface area contributed by atoms with Crippen LogP contribution in [0.2, 0.25) is 0 Å². The number of piperidine rings is 1. The zero-order valence-corrected chi connectivity index (χ0v) is 8.44. The fourth-order valence-corrected chi connectivity index (χ4v) is 2.53. The second-order valence-corrected chi connectivity index (χ2v) is 5.03. The quantitative estimate of drug-likeness (QED) is 0.626. The lowest BCUT2D eigenvalue weighted by molar-refractivity contribution is 0.429. The molecule has 1 fully saturated rings. The maximum atomic E-state index is 11.3. The molecule has 5 heteroatoms. The molecule has 4 nitrogen and oxygen atoms in total. The second-order valence-electron chi connectivity index (χ2n) is 3.23. The van der Waals surface area contributed by atoms with Crippen molar-refractivity contribution in [2.75, 3.05) is 18.8 Å². The van der Waals surface area contributed by atoms with Gasteiger partial charge in [-0.15, -0.1) is 6.58 Å². The molecule has 0 amide bonds. The minimum absolute atomic E-state index is 0.00347. The van der Waals surface area contributed by atoms with Crippen LogP contribution >= 0.6 is 0 Å². The van der Waals surface area contributed by atoms with E-state index < -0.39 is 10.0 Å². The summed E-state index contributed by atoms with van der Waals surface area (Å²) in [6, 6.07) is 0.0544. The summed E-state index contributed by atoms with van der Waals surface area (Å²) in [6.45, 7) is 5.12. The highest BCUT2D eigenvalue weighted by Crippen LogP contribution is 2.02. The Kier molecular flexibility index (Phi) is 3.90. The van der Waals surface area contributed by atoms with Gasteiger partial charge < -0.3 is 5.32 Å². The Balaban J connectivity index is 2.41. The van der Waals surface area contributed by atoms with Crippen molar-refractivity contribution in [1.82, 2.24) is 10.0 Å². The number of hydrogen-bond donors (Lipinski definition) is 2. The maximum Gasteiger partial charge on any atom is 0.215 e. The Morgan fingerprint density at radius 3 is 2.92 bits per heavy atom. The number of sulfonamides is 1. The van der Waals surface area contributed by atoms with Gasteiger partial charge in [-0.1, -0.05) is 6.08 Å². The van der Waals surface area contributed by atoms with E-state index in [1.165, 1.54) is 6.08 Å². The molecule has 76 valence electrons. The molecule has 2 N–H and O–H groups in total. The summed E-state index contributed by atoms with van der Waals surface area (Å²) in [5.41, 5.74) is 0. The molecule has 1 rings (SSSR count). The fourth-order valence-electron chi connectivity index (χ4n) is 1.41. The summed E-state index contributed by atoms with van der Waals surface area (Å²) in [5, 5.41) is 3.15. The van der Waals surface area contributed by atoms with Gasteiger partial charge in [0.15, 0.2) is 0 Å². The first-order valence-electron chi connectivity index (χ1n) is 4.45. The van der Waals surface area contributed by atoms with Gasteiger partial charge in [0.2, 0.25) is 10.0 Å². The van der Waals surface area contributed by atoms with Crippen molar-refractivity contribution in [2.24, 2.45) is 0 Å². The second kappa shape index (κ2) is 4.74. The molecule has 0 aromatic rings. The lowest BCUT2D eigenvalue weighted by atomic mass is 10.1. The molecule has 1 saturated heterocycles. The van der Waals surface area contributed by atoms with Gasteiger partial charge in [-0.25, -0.2) is 13.1 Å². The van der Waals surface area contributed by atoms with Gasteiger partial charge in [-0.2, -0.15) is 0 Å². The Morgan fingerprint density at radius 2 is 2.38 bits per heavy atom. The minimum Gasteiger partial charge on any atom is -0.315 e. The third-order valence-corrected chi connectivity index (χ3v) is 3.35. The summed E-state index contributed by atoms with van der Waals surface area (Å²) < 4.78 is 25.2. The van der Waals surface area contributed by atoms with Crippen LogP contribution in [0, 0.1) is 0 Å². The molecule has 1 aliphatic heterocycles. The van der Waals surface area contributed by atoms with Crippen molar-refractivity contribution in [3.63, 3.8) is 0 Å². The fraction of sp³-hybridized carbons (Fsp3) is 0.750.